The van der Waals surface area contributed by atoms with E-state index >= 15 is 0 Å². The topological polar surface area (TPSA) is 90.6 Å². The van der Waals surface area contributed by atoms with E-state index in [0.717, 1.165) is 0 Å². The number of nitrogens with two attached hydrogens (primary N) is 1. The Bertz CT molecular complexity index is 500. The molecule has 21 heavy (non-hydrogen) atoms. The van der Waals surface area contributed by atoms with Gasteiger partial charge < -0.3 is 20.5 Å². The van der Waals surface area contributed by atoms with Gasteiger partial charge in [-0.1, -0.05) is 13.8 Å². The minimum atomic E-state index is -0.256. The zero-order chi connectivity index (χ0) is 15.8. The Morgan fingerprint density at radius 1 is 1.33 bits per heavy atom. The molecule has 0 aromatic heterocycles. The van der Waals surface area contributed by atoms with Gasteiger partial charge in [-0.15, -0.1) is 0 Å². The molecule has 6 nitrogen and oxygen atoms in total. The molecule has 1 rings (SSSR count). The third-order valence-corrected chi connectivity index (χ3v) is 2.81. The van der Waals surface area contributed by atoms with E-state index in [9.17, 15) is 9.59 Å². The lowest BCUT2D eigenvalue weighted by Crippen LogP contribution is -2.31. The second-order valence-corrected chi connectivity index (χ2v) is 4.90. The number of carbonyl (C=O) groups is 2. The highest BCUT2D eigenvalue weighted by Crippen LogP contribution is 2.23. The number of hydrogen-bond acceptors (Lipinski definition) is 5. The smallest absolute Gasteiger partial charge is 0.258 e. The van der Waals surface area contributed by atoms with Crippen LogP contribution in [0.15, 0.2) is 18.2 Å². The van der Waals surface area contributed by atoms with Gasteiger partial charge in [0.25, 0.3) is 5.91 Å². The molecule has 1 aromatic rings. The van der Waals surface area contributed by atoms with Crippen molar-refractivity contribution in [3.8, 4) is 5.75 Å². The number of nitrogen functional groups attached to an aromatic ring is 1. The van der Waals surface area contributed by atoms with Crippen LogP contribution in [-0.4, -0.2) is 38.6 Å². The summed E-state index contributed by atoms with van der Waals surface area (Å²) in [4.78, 5) is 23.3. The minimum Gasteiger partial charge on any atom is -0.482 e. The third-order valence-electron chi connectivity index (χ3n) is 2.81. The molecule has 0 unspecified atom stereocenters. The van der Waals surface area contributed by atoms with Crippen molar-refractivity contribution in [3.05, 3.63) is 23.8 Å². The first-order valence-electron chi connectivity index (χ1n) is 6.78. The van der Waals surface area contributed by atoms with Gasteiger partial charge in [0.1, 0.15) is 5.75 Å². The van der Waals surface area contributed by atoms with Crippen LogP contribution in [-0.2, 0) is 9.53 Å². The maximum atomic E-state index is 11.8. The number of amides is 1. The van der Waals surface area contributed by atoms with Crippen molar-refractivity contribution in [1.29, 1.82) is 0 Å². The normalized spacial score (nSPS) is 10.5. The maximum absolute atomic E-state index is 11.8. The molecular formula is C15H22N2O4. The Labute approximate surface area is 124 Å². The molecule has 3 N–H and O–H groups in total. The Morgan fingerprint density at radius 3 is 2.62 bits per heavy atom. The summed E-state index contributed by atoms with van der Waals surface area (Å²) >= 11 is 0. The van der Waals surface area contributed by atoms with Gasteiger partial charge in [0.05, 0.1) is 12.3 Å². The van der Waals surface area contributed by atoms with Crippen LogP contribution in [0.1, 0.15) is 24.2 Å². The zero-order valence-corrected chi connectivity index (χ0v) is 12.6. The lowest BCUT2D eigenvalue weighted by atomic mass is 10.0. The summed E-state index contributed by atoms with van der Waals surface area (Å²) in [6, 6.07) is 4.82. The molecule has 0 radical (unpaired) electrons. The standard InChI is InChI=1S/C15H22N2O4/c1-10(2)15(19)11-4-5-13(12(16)8-11)21-9-14(18)17-6-7-20-3/h4-5,8,10H,6-7,9,16H2,1-3H3,(H,17,18). The minimum absolute atomic E-state index is 0.0190. The maximum Gasteiger partial charge on any atom is 0.258 e. The fourth-order valence-electron chi connectivity index (χ4n) is 1.65. The molecule has 6 heteroatoms. The Kier molecular flexibility index (Phi) is 6.68. The van der Waals surface area contributed by atoms with Crippen LogP contribution in [0, 0.1) is 5.92 Å². The number of ether oxygens (including phenoxy) is 2. The van der Waals surface area contributed by atoms with E-state index in [1.54, 1.807) is 25.3 Å². The number of nitrogens with one attached hydrogen (secondary N) is 1. The fraction of sp³-hybridized carbons (Fsp3) is 0.467. The van der Waals surface area contributed by atoms with Crippen molar-refractivity contribution in [1.82, 2.24) is 5.32 Å². The highest BCUT2D eigenvalue weighted by molar-refractivity contribution is 5.98. The van der Waals surface area contributed by atoms with E-state index in [-0.39, 0.29) is 24.2 Å². The quantitative estimate of drug-likeness (QED) is 0.428. The van der Waals surface area contributed by atoms with Gasteiger partial charge in [-0.2, -0.15) is 0 Å². The van der Waals surface area contributed by atoms with E-state index in [1.807, 2.05) is 13.8 Å². The molecule has 1 amide bonds. The summed E-state index contributed by atoms with van der Waals surface area (Å²) < 4.78 is 10.2. The van der Waals surface area contributed by atoms with Gasteiger partial charge >= 0.3 is 0 Å². The Hall–Kier alpha value is -2.08. The molecule has 0 saturated heterocycles. The second-order valence-electron chi connectivity index (χ2n) is 4.90. The predicted octanol–water partition coefficient (Wildman–Crippen LogP) is 1.25. The lowest BCUT2D eigenvalue weighted by molar-refractivity contribution is -0.123. The summed E-state index contributed by atoms with van der Waals surface area (Å²) in [5.41, 5.74) is 6.72. The summed E-state index contributed by atoms with van der Waals surface area (Å²) in [5, 5.41) is 2.63. The van der Waals surface area contributed by atoms with Crippen LogP contribution in [0.3, 0.4) is 0 Å². The predicted molar refractivity (Wildman–Crippen MR) is 80.4 cm³/mol. The van der Waals surface area contributed by atoms with Gasteiger partial charge in [0.2, 0.25) is 0 Å². The number of ketones is 1. The van der Waals surface area contributed by atoms with Crippen LogP contribution in [0.25, 0.3) is 0 Å². The van der Waals surface area contributed by atoms with Gasteiger partial charge in [-0.05, 0) is 18.2 Å². The highest BCUT2D eigenvalue weighted by atomic mass is 16.5. The molecule has 0 bridgehead atoms. The van der Waals surface area contributed by atoms with E-state index in [1.165, 1.54) is 0 Å². The summed E-state index contributed by atoms with van der Waals surface area (Å²) in [5.74, 6) is 0.0549. The number of hydrogen-bond donors (Lipinski definition) is 2. The fourth-order valence-corrected chi connectivity index (χ4v) is 1.65. The highest BCUT2D eigenvalue weighted by Gasteiger charge is 2.13. The van der Waals surface area contributed by atoms with Gasteiger partial charge in [-0.3, -0.25) is 9.59 Å². The molecule has 0 aliphatic rings. The average Bonchev–Trinajstić information content (AvgIpc) is 2.45. The Morgan fingerprint density at radius 2 is 2.05 bits per heavy atom. The lowest BCUT2D eigenvalue weighted by Gasteiger charge is -2.11. The van der Waals surface area contributed by atoms with E-state index in [0.29, 0.717) is 30.2 Å². The Balaban J connectivity index is 2.57. The van der Waals surface area contributed by atoms with E-state index in [2.05, 4.69) is 5.32 Å². The molecule has 0 fully saturated rings. The van der Waals surface area contributed by atoms with Crippen LogP contribution < -0.4 is 15.8 Å². The third kappa shape index (κ3) is 5.43. The van der Waals surface area contributed by atoms with Crippen molar-refractivity contribution >= 4 is 17.4 Å². The number of benzene rings is 1. The average molecular weight is 294 g/mol. The summed E-state index contributed by atoms with van der Waals surface area (Å²) in [7, 11) is 1.56. The SMILES string of the molecule is COCCNC(=O)COc1ccc(C(=O)C(C)C)cc1N. The number of rotatable bonds is 8. The first-order chi connectivity index (χ1) is 9.95. The number of anilines is 1. The van der Waals surface area contributed by atoms with Crippen molar-refractivity contribution < 1.29 is 19.1 Å². The van der Waals surface area contributed by atoms with Gasteiger partial charge in [0.15, 0.2) is 12.4 Å². The molecule has 0 spiro atoms. The molecular weight excluding hydrogens is 272 g/mol. The molecule has 116 valence electrons. The number of methoxy groups -OCH3 is 1. The summed E-state index contributed by atoms with van der Waals surface area (Å²) in [6.45, 7) is 4.39. The monoisotopic (exact) mass is 294 g/mol. The summed E-state index contributed by atoms with van der Waals surface area (Å²) in [6.07, 6.45) is 0. The number of carbonyl (C=O) groups excluding carboxylic acids is 2. The van der Waals surface area contributed by atoms with Crippen LogP contribution in [0.4, 0.5) is 5.69 Å². The molecule has 0 heterocycles. The number of Topliss-reactive ketones (excluding diaryl/α,β-unsaturated/α-hetero) is 1. The second kappa shape index (κ2) is 8.26. The van der Waals surface area contributed by atoms with E-state index in [4.69, 9.17) is 15.2 Å². The van der Waals surface area contributed by atoms with Crippen LogP contribution in [0.5, 0.6) is 5.75 Å². The molecule has 0 saturated carbocycles. The molecule has 0 aliphatic carbocycles. The van der Waals surface area contributed by atoms with Crippen molar-refractivity contribution in [2.75, 3.05) is 32.6 Å². The van der Waals surface area contributed by atoms with Gasteiger partial charge in [-0.25, -0.2) is 0 Å². The van der Waals surface area contributed by atoms with E-state index < -0.39 is 0 Å². The molecule has 1 aromatic carbocycles. The first kappa shape index (κ1) is 17.0. The van der Waals surface area contributed by atoms with Crippen LogP contribution in [0.2, 0.25) is 0 Å². The molecule has 0 atom stereocenters. The van der Waals surface area contributed by atoms with Crippen LogP contribution >= 0.6 is 0 Å². The largest absolute Gasteiger partial charge is 0.482 e. The molecule has 0 aliphatic heterocycles. The zero-order valence-electron chi connectivity index (χ0n) is 12.6. The van der Waals surface area contributed by atoms with Gasteiger partial charge in [0, 0.05) is 25.1 Å². The van der Waals surface area contributed by atoms with Crippen molar-refractivity contribution in [2.45, 2.75) is 13.8 Å². The van der Waals surface area contributed by atoms with Crippen molar-refractivity contribution in [3.63, 3.8) is 0 Å². The van der Waals surface area contributed by atoms with Crippen molar-refractivity contribution in [2.24, 2.45) is 5.92 Å². The first-order valence-corrected chi connectivity index (χ1v) is 6.78.